The number of carbonyl (C=O) groups excluding carboxylic acids is 3. The highest BCUT2D eigenvalue weighted by Gasteiger charge is 2.30. The van der Waals surface area contributed by atoms with Gasteiger partial charge in [0.15, 0.2) is 0 Å². The number of benzene rings is 1. The maximum atomic E-state index is 13.2. The second-order valence-corrected chi connectivity index (χ2v) is 7.65. The van der Waals surface area contributed by atoms with E-state index in [4.69, 9.17) is 1.37 Å². The van der Waals surface area contributed by atoms with E-state index in [-0.39, 0.29) is 36.6 Å². The molecular weight excluding hydrogens is 398 g/mol. The molecule has 1 atom stereocenters. The van der Waals surface area contributed by atoms with E-state index in [1.54, 1.807) is 25.1 Å². The van der Waals surface area contributed by atoms with Gasteiger partial charge in [0.1, 0.15) is 11.8 Å². The molecule has 0 saturated carbocycles. The number of aryl methyl sites for hydroxylation is 1. The molecule has 1 fully saturated rings. The van der Waals surface area contributed by atoms with Gasteiger partial charge in [0.2, 0.25) is 11.8 Å². The number of nitrogens with one attached hydrogen (secondary N) is 3. The molecule has 31 heavy (non-hydrogen) atoms. The lowest BCUT2D eigenvalue weighted by molar-refractivity contribution is -0.135. The first kappa shape index (κ1) is 21.0. The van der Waals surface area contributed by atoms with Gasteiger partial charge in [0, 0.05) is 19.5 Å². The van der Waals surface area contributed by atoms with Crippen molar-refractivity contribution in [2.24, 2.45) is 0 Å². The van der Waals surface area contributed by atoms with Crippen LogP contribution < -0.4 is 21.5 Å². The fraction of sp³-hybridized carbons (Fsp3) is 0.500. The minimum atomic E-state index is -1.94. The molecule has 9 heteroatoms. The van der Waals surface area contributed by atoms with Crippen molar-refractivity contribution in [1.82, 2.24) is 25.5 Å². The summed E-state index contributed by atoms with van der Waals surface area (Å²) in [5, 5.41) is 7.95. The Bertz CT molecular complexity index is 1100. The zero-order valence-corrected chi connectivity index (χ0v) is 17.9. The highest BCUT2D eigenvalue weighted by atomic mass is 16.2. The monoisotopic (exact) mass is 428 g/mol. The molecule has 166 valence electrons. The smallest absolute Gasteiger partial charge is 0.315 e. The van der Waals surface area contributed by atoms with E-state index in [0.29, 0.717) is 17.6 Å². The van der Waals surface area contributed by atoms with Crippen molar-refractivity contribution in [2.75, 3.05) is 6.54 Å². The third-order valence-corrected chi connectivity index (χ3v) is 5.24. The first-order valence-electron chi connectivity index (χ1n) is 11.1. The zero-order valence-electron chi connectivity index (χ0n) is 18.9. The van der Waals surface area contributed by atoms with Crippen LogP contribution >= 0.6 is 0 Å². The molecule has 3 N–H and O–H groups in total. The molecule has 0 aliphatic carbocycles. The van der Waals surface area contributed by atoms with Crippen LogP contribution in [0, 0.1) is 6.92 Å². The fourth-order valence-electron chi connectivity index (χ4n) is 3.59. The summed E-state index contributed by atoms with van der Waals surface area (Å²) in [7, 11) is 0. The largest absolute Gasteiger partial charge is 0.338 e. The number of nitrogens with zero attached hydrogens (tertiary/aromatic N) is 2. The molecule has 1 aliphatic rings. The van der Waals surface area contributed by atoms with Crippen LogP contribution in [0.4, 0.5) is 4.79 Å². The van der Waals surface area contributed by atoms with E-state index in [2.05, 4.69) is 27.9 Å². The van der Waals surface area contributed by atoms with Gasteiger partial charge in [-0.15, -0.1) is 0 Å². The van der Waals surface area contributed by atoms with E-state index >= 15 is 0 Å². The summed E-state index contributed by atoms with van der Waals surface area (Å²) >= 11 is 0. The van der Waals surface area contributed by atoms with Crippen LogP contribution in [0.25, 0.3) is 10.9 Å². The number of unbranched alkanes of at least 4 members (excludes halogenated alkanes) is 3. The van der Waals surface area contributed by atoms with Crippen LogP contribution in [0.3, 0.4) is 0 Å². The molecule has 4 amide bonds. The summed E-state index contributed by atoms with van der Waals surface area (Å²) in [6.45, 7) is 4.50. The quantitative estimate of drug-likeness (QED) is 0.439. The van der Waals surface area contributed by atoms with E-state index in [1.807, 2.05) is 0 Å². The predicted molar refractivity (Wildman–Crippen MR) is 117 cm³/mol. The third-order valence-electron chi connectivity index (χ3n) is 5.24. The molecule has 0 spiro atoms. The van der Waals surface area contributed by atoms with Crippen molar-refractivity contribution in [3.8, 4) is 0 Å². The molecule has 1 aromatic carbocycles. The van der Waals surface area contributed by atoms with Crippen LogP contribution in [0.1, 0.15) is 64.2 Å². The number of imide groups is 1. The topological polar surface area (TPSA) is 122 Å². The molecule has 9 nitrogen and oxygen atoms in total. The molecule has 2 heterocycles. The second-order valence-electron chi connectivity index (χ2n) is 7.65. The van der Waals surface area contributed by atoms with E-state index < -0.39 is 23.4 Å². The Balaban J connectivity index is 1.78. The Labute approximate surface area is 182 Å². The van der Waals surface area contributed by atoms with E-state index in [1.165, 1.54) is 0 Å². The standard InChI is InChI=1S/C22H29N5O4/c1-3-4-5-6-11-23-22(31)24-13-15-7-8-17-16(12-15)21(30)27(14(2)25-17)18-9-10-19(28)26-20(18)29/h7-8,12,18H,3-6,9-11,13H2,1-2H3,(H2,23,24,31)(H,26,28,29)/t18-/m0/s1/i18D. The third kappa shape index (κ3) is 5.48. The summed E-state index contributed by atoms with van der Waals surface area (Å²) in [5.41, 5.74) is 0.591. The first-order chi connectivity index (χ1) is 15.3. The lowest BCUT2D eigenvalue weighted by Gasteiger charge is -2.24. The minimum Gasteiger partial charge on any atom is -0.338 e. The van der Waals surface area contributed by atoms with Gasteiger partial charge in [0.25, 0.3) is 5.56 Å². The maximum Gasteiger partial charge on any atom is 0.315 e. The number of hydrogen-bond donors (Lipinski definition) is 3. The zero-order chi connectivity index (χ0) is 23.3. The molecule has 3 rings (SSSR count). The average Bonchev–Trinajstić information content (AvgIpc) is 2.75. The molecule has 1 aliphatic heterocycles. The fourth-order valence-corrected chi connectivity index (χ4v) is 3.59. The number of carbonyl (C=O) groups is 3. The van der Waals surface area contributed by atoms with Crippen molar-refractivity contribution < 1.29 is 15.8 Å². The van der Waals surface area contributed by atoms with Crippen LogP contribution in [0.2, 0.25) is 0 Å². The van der Waals surface area contributed by atoms with Crippen LogP contribution in [-0.2, 0) is 16.1 Å². The molecular formula is C22H29N5O4. The van der Waals surface area contributed by atoms with Gasteiger partial charge in [0.05, 0.1) is 12.3 Å². The molecule has 1 aromatic heterocycles. The second kappa shape index (κ2) is 10.2. The van der Waals surface area contributed by atoms with Crippen LogP contribution in [0.5, 0.6) is 0 Å². The number of hydrogen-bond acceptors (Lipinski definition) is 5. The van der Waals surface area contributed by atoms with Gasteiger partial charge in [-0.2, -0.15) is 0 Å². The summed E-state index contributed by atoms with van der Waals surface area (Å²) in [6.07, 6.45) is 4.14. The van der Waals surface area contributed by atoms with Gasteiger partial charge in [-0.1, -0.05) is 32.3 Å². The molecule has 0 bridgehead atoms. The normalized spacial score (nSPS) is 19.1. The maximum absolute atomic E-state index is 13.2. The lowest BCUT2D eigenvalue weighted by atomic mass is 10.0. The Morgan fingerprint density at radius 2 is 2.06 bits per heavy atom. The Morgan fingerprint density at radius 1 is 1.26 bits per heavy atom. The van der Waals surface area contributed by atoms with Crippen molar-refractivity contribution in [3.05, 3.63) is 39.9 Å². The van der Waals surface area contributed by atoms with Gasteiger partial charge < -0.3 is 10.6 Å². The van der Waals surface area contributed by atoms with Crippen molar-refractivity contribution >= 4 is 28.7 Å². The van der Waals surface area contributed by atoms with E-state index in [0.717, 1.165) is 30.3 Å². The predicted octanol–water partition coefficient (Wildman–Crippen LogP) is 2.06. The number of amides is 4. The van der Waals surface area contributed by atoms with Crippen molar-refractivity contribution in [2.45, 2.75) is 64.9 Å². The van der Waals surface area contributed by atoms with Crippen LogP contribution in [-0.4, -0.2) is 33.9 Å². The number of piperidine rings is 1. The van der Waals surface area contributed by atoms with E-state index in [9.17, 15) is 19.2 Å². The lowest BCUT2D eigenvalue weighted by Crippen LogP contribution is -2.45. The van der Waals surface area contributed by atoms with Gasteiger partial charge in [-0.05, 0) is 37.5 Å². The summed E-state index contributed by atoms with van der Waals surface area (Å²) in [5.74, 6) is -1.09. The number of urea groups is 1. The highest BCUT2D eigenvalue weighted by molar-refractivity contribution is 5.99. The molecule has 0 radical (unpaired) electrons. The van der Waals surface area contributed by atoms with Crippen molar-refractivity contribution in [1.29, 1.82) is 0 Å². The highest BCUT2D eigenvalue weighted by Crippen LogP contribution is 2.20. The SMILES string of the molecule is [2H][C@]1(n2c(C)nc3ccc(CNC(=O)NCCCCCC)cc3c2=O)CCC(=O)NC1=O. The van der Waals surface area contributed by atoms with Gasteiger partial charge in [-0.25, -0.2) is 9.78 Å². The molecule has 0 unspecified atom stereocenters. The minimum absolute atomic E-state index is 0.0311. The Hall–Kier alpha value is -3.23. The average molecular weight is 429 g/mol. The van der Waals surface area contributed by atoms with Crippen molar-refractivity contribution in [3.63, 3.8) is 0 Å². The Morgan fingerprint density at radius 3 is 2.81 bits per heavy atom. The summed E-state index contributed by atoms with van der Waals surface area (Å²) in [4.78, 5) is 53.5. The van der Waals surface area contributed by atoms with Gasteiger partial charge in [-0.3, -0.25) is 24.3 Å². The molecule has 1 saturated heterocycles. The molecule has 2 aromatic rings. The number of aromatic nitrogens is 2. The van der Waals surface area contributed by atoms with Crippen LogP contribution in [0.15, 0.2) is 23.0 Å². The number of fused-ring (bicyclic) bond motifs is 1. The Kier molecular flexibility index (Phi) is 6.91. The summed E-state index contributed by atoms with van der Waals surface area (Å²) in [6, 6.07) is 2.83. The number of rotatable bonds is 8. The van der Waals surface area contributed by atoms with Gasteiger partial charge >= 0.3 is 6.03 Å². The first-order valence-corrected chi connectivity index (χ1v) is 10.6. The summed E-state index contributed by atoms with van der Waals surface area (Å²) < 4.78 is 9.64.